The molecule has 0 unspecified atom stereocenters. The van der Waals surface area contributed by atoms with E-state index in [1.807, 2.05) is 25.1 Å². The molecule has 3 rings (SSSR count). The van der Waals surface area contributed by atoms with Crippen LogP contribution in [0.25, 0.3) is 21.7 Å². The number of aryl methyl sites for hydroxylation is 1. The second-order valence-electron chi connectivity index (χ2n) is 3.63. The summed E-state index contributed by atoms with van der Waals surface area (Å²) in [6.45, 7) is 2.04. The molecule has 0 saturated carbocycles. The number of para-hydroxylation sites is 1. The summed E-state index contributed by atoms with van der Waals surface area (Å²) in [6.07, 6.45) is 0. The number of aromatic nitrogens is 2. The summed E-state index contributed by atoms with van der Waals surface area (Å²) in [4.78, 5) is 9.65. The molecule has 4 heteroatoms. The van der Waals surface area contributed by atoms with Gasteiger partial charge in [0.1, 0.15) is 11.3 Å². The third-order valence-corrected chi connectivity index (χ3v) is 3.44. The molecule has 0 fully saturated rings. The monoisotopic (exact) mass is 232 g/mol. The van der Waals surface area contributed by atoms with Gasteiger partial charge in [0.05, 0.1) is 10.4 Å². The third kappa shape index (κ3) is 1.42. The van der Waals surface area contributed by atoms with Gasteiger partial charge in [-0.25, -0.2) is 9.37 Å². The van der Waals surface area contributed by atoms with Gasteiger partial charge in [-0.3, -0.25) is 0 Å². The number of thiophene rings is 1. The molecule has 2 nitrogen and oxygen atoms in total. The fraction of sp³-hybridized carbons (Fsp3) is 0.0833. The Kier molecular flexibility index (Phi) is 2.04. The van der Waals surface area contributed by atoms with Gasteiger partial charge in [-0.15, -0.1) is 11.3 Å². The molecule has 1 N–H and O–H groups in total. The molecular formula is C12H9FN2S. The van der Waals surface area contributed by atoms with E-state index in [1.54, 1.807) is 17.4 Å². The number of H-pyrrole nitrogens is 1. The van der Waals surface area contributed by atoms with Crippen molar-refractivity contribution < 1.29 is 4.39 Å². The largest absolute Gasteiger partial charge is 0.337 e. The van der Waals surface area contributed by atoms with Crippen LogP contribution in [0.4, 0.5) is 4.39 Å². The van der Waals surface area contributed by atoms with Crippen molar-refractivity contribution in [3.05, 3.63) is 41.0 Å². The molecule has 0 spiro atoms. The van der Waals surface area contributed by atoms with Crippen LogP contribution in [0.2, 0.25) is 0 Å². The molecule has 0 bridgehead atoms. The van der Waals surface area contributed by atoms with E-state index in [9.17, 15) is 4.39 Å². The summed E-state index contributed by atoms with van der Waals surface area (Å²) >= 11 is 1.65. The fourth-order valence-electron chi connectivity index (χ4n) is 1.68. The molecule has 0 saturated heterocycles. The molecule has 3 aromatic rings. The van der Waals surface area contributed by atoms with Gasteiger partial charge in [0, 0.05) is 4.88 Å². The number of nitrogens with one attached hydrogen (secondary N) is 1. The maximum Gasteiger partial charge on any atom is 0.151 e. The van der Waals surface area contributed by atoms with Crippen LogP contribution in [0.1, 0.15) is 4.88 Å². The Morgan fingerprint density at radius 2 is 2.12 bits per heavy atom. The van der Waals surface area contributed by atoms with Crippen LogP contribution in [-0.2, 0) is 0 Å². The van der Waals surface area contributed by atoms with E-state index in [4.69, 9.17) is 0 Å². The van der Waals surface area contributed by atoms with Crippen LogP contribution in [0.5, 0.6) is 0 Å². The van der Waals surface area contributed by atoms with Crippen molar-refractivity contribution >= 4 is 22.4 Å². The second-order valence-corrected chi connectivity index (χ2v) is 4.92. The van der Waals surface area contributed by atoms with Gasteiger partial charge in [-0.1, -0.05) is 6.07 Å². The highest BCUT2D eigenvalue weighted by Crippen LogP contribution is 2.27. The smallest absolute Gasteiger partial charge is 0.151 e. The van der Waals surface area contributed by atoms with Gasteiger partial charge < -0.3 is 4.98 Å². The number of rotatable bonds is 1. The van der Waals surface area contributed by atoms with Crippen LogP contribution in [-0.4, -0.2) is 9.97 Å². The van der Waals surface area contributed by atoms with E-state index in [0.717, 1.165) is 16.2 Å². The normalized spacial score (nSPS) is 11.1. The van der Waals surface area contributed by atoms with E-state index in [2.05, 4.69) is 9.97 Å². The summed E-state index contributed by atoms with van der Waals surface area (Å²) in [6, 6.07) is 8.96. The highest BCUT2D eigenvalue weighted by Gasteiger charge is 2.09. The van der Waals surface area contributed by atoms with Crippen LogP contribution in [0.15, 0.2) is 30.3 Å². The van der Waals surface area contributed by atoms with Crippen molar-refractivity contribution in [2.75, 3.05) is 0 Å². The second kappa shape index (κ2) is 3.42. The number of hydrogen-bond donors (Lipinski definition) is 1. The molecule has 2 aromatic heterocycles. The lowest BCUT2D eigenvalue weighted by molar-refractivity contribution is 0.637. The van der Waals surface area contributed by atoms with E-state index in [0.29, 0.717) is 5.52 Å². The minimum absolute atomic E-state index is 0.284. The zero-order chi connectivity index (χ0) is 11.1. The van der Waals surface area contributed by atoms with Gasteiger partial charge in [0.2, 0.25) is 0 Å². The Morgan fingerprint density at radius 1 is 1.25 bits per heavy atom. The summed E-state index contributed by atoms with van der Waals surface area (Å²) in [7, 11) is 0. The van der Waals surface area contributed by atoms with Gasteiger partial charge in [0.25, 0.3) is 0 Å². The predicted molar refractivity (Wildman–Crippen MR) is 64.1 cm³/mol. The first kappa shape index (κ1) is 9.54. The standard InChI is InChI=1S/C12H9FN2S/c1-7-5-6-10(16-7)12-14-9-4-2-3-8(13)11(9)15-12/h2-6H,1H3,(H,14,15). The highest BCUT2D eigenvalue weighted by molar-refractivity contribution is 7.15. The van der Waals surface area contributed by atoms with Gasteiger partial charge >= 0.3 is 0 Å². The number of fused-ring (bicyclic) bond motifs is 1. The summed E-state index contributed by atoms with van der Waals surface area (Å²) in [5.41, 5.74) is 1.14. The molecule has 2 heterocycles. The summed E-state index contributed by atoms with van der Waals surface area (Å²) in [5.74, 6) is 0.450. The first-order chi connectivity index (χ1) is 7.74. The molecule has 0 amide bonds. The highest BCUT2D eigenvalue weighted by atomic mass is 32.1. The van der Waals surface area contributed by atoms with Crippen LogP contribution in [0, 0.1) is 12.7 Å². The topological polar surface area (TPSA) is 28.7 Å². The lowest BCUT2D eigenvalue weighted by Crippen LogP contribution is -1.75. The van der Waals surface area contributed by atoms with Crippen molar-refractivity contribution in [2.24, 2.45) is 0 Å². The average Bonchev–Trinajstić information content (AvgIpc) is 2.84. The number of benzene rings is 1. The van der Waals surface area contributed by atoms with Gasteiger partial charge in [0.15, 0.2) is 5.82 Å². The lowest BCUT2D eigenvalue weighted by atomic mass is 10.3. The Morgan fingerprint density at radius 3 is 2.81 bits per heavy atom. The number of halogens is 1. The van der Waals surface area contributed by atoms with Crippen LogP contribution >= 0.6 is 11.3 Å². The predicted octanol–water partition coefficient (Wildman–Crippen LogP) is 3.74. The molecule has 0 radical (unpaired) electrons. The molecule has 16 heavy (non-hydrogen) atoms. The van der Waals surface area contributed by atoms with Crippen molar-refractivity contribution in [1.82, 2.24) is 9.97 Å². The number of hydrogen-bond acceptors (Lipinski definition) is 2. The van der Waals surface area contributed by atoms with E-state index >= 15 is 0 Å². The minimum Gasteiger partial charge on any atom is -0.337 e. The Hall–Kier alpha value is -1.68. The van der Waals surface area contributed by atoms with Crippen molar-refractivity contribution in [3.63, 3.8) is 0 Å². The quantitative estimate of drug-likeness (QED) is 0.680. The molecular weight excluding hydrogens is 223 g/mol. The zero-order valence-electron chi connectivity index (χ0n) is 8.62. The molecule has 0 aliphatic carbocycles. The zero-order valence-corrected chi connectivity index (χ0v) is 9.44. The van der Waals surface area contributed by atoms with E-state index < -0.39 is 0 Å². The SMILES string of the molecule is Cc1ccc(-c2nc3c(F)cccc3[nH]2)s1. The van der Waals surface area contributed by atoms with E-state index in [-0.39, 0.29) is 5.82 Å². The first-order valence-electron chi connectivity index (χ1n) is 4.95. The number of nitrogens with zero attached hydrogens (tertiary/aromatic N) is 1. The van der Waals surface area contributed by atoms with E-state index in [1.165, 1.54) is 10.9 Å². The molecule has 0 aliphatic heterocycles. The summed E-state index contributed by atoms with van der Waals surface area (Å²) in [5, 5.41) is 0. The summed E-state index contributed by atoms with van der Waals surface area (Å²) < 4.78 is 13.4. The third-order valence-electron chi connectivity index (χ3n) is 2.44. The molecule has 80 valence electrons. The lowest BCUT2D eigenvalue weighted by Gasteiger charge is -1.86. The van der Waals surface area contributed by atoms with Gasteiger partial charge in [-0.05, 0) is 31.2 Å². The van der Waals surface area contributed by atoms with Crippen LogP contribution in [0.3, 0.4) is 0 Å². The number of aromatic amines is 1. The molecule has 0 aliphatic rings. The number of imidazole rings is 1. The van der Waals surface area contributed by atoms with Crippen molar-refractivity contribution in [2.45, 2.75) is 6.92 Å². The maximum atomic E-state index is 13.4. The van der Waals surface area contributed by atoms with Crippen molar-refractivity contribution in [3.8, 4) is 10.7 Å². The molecule has 0 atom stereocenters. The Balaban J connectivity index is 2.22. The molecule has 1 aromatic carbocycles. The Labute approximate surface area is 95.8 Å². The minimum atomic E-state index is -0.284. The van der Waals surface area contributed by atoms with Gasteiger partial charge in [-0.2, -0.15) is 0 Å². The van der Waals surface area contributed by atoms with Crippen LogP contribution < -0.4 is 0 Å². The average molecular weight is 232 g/mol. The Bertz CT molecular complexity index is 654. The van der Waals surface area contributed by atoms with Crippen molar-refractivity contribution in [1.29, 1.82) is 0 Å². The maximum absolute atomic E-state index is 13.4. The first-order valence-corrected chi connectivity index (χ1v) is 5.77. The fourth-order valence-corrected chi connectivity index (χ4v) is 2.49.